The summed E-state index contributed by atoms with van der Waals surface area (Å²) in [7, 11) is 0. The minimum Gasteiger partial charge on any atom is -0.323 e. The smallest absolute Gasteiger partial charge is 0.0561 e. The molecule has 4 heteroatoms. The van der Waals surface area contributed by atoms with Crippen LogP contribution in [0.5, 0.6) is 0 Å². The average molecular weight is 240 g/mol. The molecule has 0 fully saturated rings. The molecule has 0 bridgehead atoms. The molecule has 76 valence electrons. The Hall–Kier alpha value is 0.240. The lowest BCUT2D eigenvalue weighted by molar-refractivity contribution is 0.331. The number of rotatable bonds is 1. The Kier molecular flexibility index (Phi) is 4.73. The summed E-state index contributed by atoms with van der Waals surface area (Å²) in [5, 5.41) is 2.77. The van der Waals surface area contributed by atoms with Crippen molar-refractivity contribution in [1.82, 2.24) is 0 Å². The van der Waals surface area contributed by atoms with Gasteiger partial charge in [-0.1, -0.05) is 32.4 Å². The number of nitrogens with two attached hydrogens (primary N) is 1. The fraction of sp³-hybridized carbons (Fsp3) is 0.556. The highest BCUT2D eigenvalue weighted by molar-refractivity contribution is 7.10. The van der Waals surface area contributed by atoms with Crippen molar-refractivity contribution in [2.75, 3.05) is 0 Å². The third-order valence-corrected chi connectivity index (χ3v) is 3.30. The van der Waals surface area contributed by atoms with Crippen LogP contribution in [0.4, 0.5) is 0 Å². The second-order valence-corrected chi connectivity index (χ2v) is 5.33. The molecule has 0 saturated carbocycles. The van der Waals surface area contributed by atoms with E-state index in [1.807, 2.05) is 11.4 Å². The standard InChI is InChI=1S/C9H14ClNS.ClH/c1-9(2,3)8(11)7-6(10)4-5-12-7;/h4-5,8H,11H2,1-3H3;1H/t8-;/m1./s1. The normalized spacial score (nSPS) is 13.6. The minimum absolute atomic E-state index is 0. The van der Waals surface area contributed by atoms with Gasteiger partial charge >= 0.3 is 0 Å². The van der Waals surface area contributed by atoms with Crippen molar-refractivity contribution >= 4 is 35.3 Å². The average Bonchev–Trinajstić information content (AvgIpc) is 2.31. The van der Waals surface area contributed by atoms with Crippen LogP contribution in [0, 0.1) is 5.41 Å². The van der Waals surface area contributed by atoms with Gasteiger partial charge in [-0.15, -0.1) is 23.7 Å². The Morgan fingerprint density at radius 3 is 2.31 bits per heavy atom. The lowest BCUT2D eigenvalue weighted by atomic mass is 9.86. The first-order chi connectivity index (χ1) is 5.43. The molecular weight excluding hydrogens is 225 g/mol. The van der Waals surface area contributed by atoms with E-state index >= 15 is 0 Å². The molecule has 0 aliphatic rings. The van der Waals surface area contributed by atoms with Crippen molar-refractivity contribution in [1.29, 1.82) is 0 Å². The molecule has 1 nitrogen and oxygen atoms in total. The van der Waals surface area contributed by atoms with Crippen LogP contribution in [0.15, 0.2) is 11.4 Å². The topological polar surface area (TPSA) is 26.0 Å². The Morgan fingerprint density at radius 2 is 2.00 bits per heavy atom. The maximum atomic E-state index is 6.04. The van der Waals surface area contributed by atoms with Gasteiger partial charge in [0.15, 0.2) is 0 Å². The molecule has 1 aromatic heterocycles. The van der Waals surface area contributed by atoms with Crippen molar-refractivity contribution in [3.63, 3.8) is 0 Å². The molecule has 13 heavy (non-hydrogen) atoms. The maximum absolute atomic E-state index is 6.04. The number of hydrogen-bond acceptors (Lipinski definition) is 2. The van der Waals surface area contributed by atoms with Crippen LogP contribution in [0.1, 0.15) is 31.7 Å². The Balaban J connectivity index is 0.00000144. The highest BCUT2D eigenvalue weighted by atomic mass is 35.5. The second-order valence-electron chi connectivity index (χ2n) is 3.98. The quantitative estimate of drug-likeness (QED) is 0.792. The highest BCUT2D eigenvalue weighted by Crippen LogP contribution is 2.37. The number of halogens is 2. The monoisotopic (exact) mass is 239 g/mol. The Bertz CT molecular complexity index is 265. The van der Waals surface area contributed by atoms with Gasteiger partial charge < -0.3 is 5.73 Å². The number of thiophene rings is 1. The lowest BCUT2D eigenvalue weighted by Crippen LogP contribution is -2.25. The van der Waals surface area contributed by atoms with Crippen molar-refractivity contribution in [2.45, 2.75) is 26.8 Å². The highest BCUT2D eigenvalue weighted by Gasteiger charge is 2.24. The molecule has 0 aromatic carbocycles. The zero-order chi connectivity index (χ0) is 9.35. The molecule has 0 spiro atoms. The first kappa shape index (κ1) is 13.2. The van der Waals surface area contributed by atoms with Gasteiger partial charge in [0.05, 0.1) is 5.02 Å². The Labute approximate surface area is 94.7 Å². The van der Waals surface area contributed by atoms with Crippen molar-refractivity contribution < 1.29 is 0 Å². The summed E-state index contributed by atoms with van der Waals surface area (Å²) in [6.45, 7) is 6.36. The lowest BCUT2D eigenvalue weighted by Gasteiger charge is -2.26. The van der Waals surface area contributed by atoms with Crippen LogP contribution in [0.25, 0.3) is 0 Å². The maximum Gasteiger partial charge on any atom is 0.0561 e. The summed E-state index contributed by atoms with van der Waals surface area (Å²) in [6.07, 6.45) is 0. The zero-order valence-corrected chi connectivity index (χ0v) is 10.4. The van der Waals surface area contributed by atoms with E-state index in [2.05, 4.69) is 20.8 Å². The van der Waals surface area contributed by atoms with Crippen LogP contribution in [0.3, 0.4) is 0 Å². The van der Waals surface area contributed by atoms with E-state index < -0.39 is 0 Å². The predicted octanol–water partition coefficient (Wildman–Crippen LogP) is 3.87. The van der Waals surface area contributed by atoms with Gasteiger partial charge in [-0.2, -0.15) is 0 Å². The van der Waals surface area contributed by atoms with E-state index in [0.29, 0.717) is 0 Å². The van der Waals surface area contributed by atoms with Crippen LogP contribution < -0.4 is 5.73 Å². The molecule has 1 heterocycles. The van der Waals surface area contributed by atoms with Crippen molar-refractivity contribution in [3.05, 3.63) is 21.3 Å². The molecule has 0 aliphatic carbocycles. The van der Waals surface area contributed by atoms with Gasteiger partial charge in [0.2, 0.25) is 0 Å². The van der Waals surface area contributed by atoms with Crippen molar-refractivity contribution in [3.8, 4) is 0 Å². The molecule has 2 N–H and O–H groups in total. The first-order valence-electron chi connectivity index (χ1n) is 3.91. The summed E-state index contributed by atoms with van der Waals surface area (Å²) >= 11 is 7.60. The predicted molar refractivity (Wildman–Crippen MR) is 63.0 cm³/mol. The van der Waals surface area contributed by atoms with E-state index in [9.17, 15) is 0 Å². The summed E-state index contributed by atoms with van der Waals surface area (Å²) in [5.74, 6) is 0. The zero-order valence-electron chi connectivity index (χ0n) is 8.00. The minimum atomic E-state index is 0. The van der Waals surface area contributed by atoms with Gasteiger partial charge in [-0.25, -0.2) is 0 Å². The fourth-order valence-electron chi connectivity index (χ4n) is 0.921. The van der Waals surface area contributed by atoms with Gasteiger partial charge in [-0.05, 0) is 16.9 Å². The van der Waals surface area contributed by atoms with Crippen LogP contribution in [-0.4, -0.2) is 0 Å². The first-order valence-corrected chi connectivity index (χ1v) is 5.17. The third kappa shape index (κ3) is 3.13. The van der Waals surface area contributed by atoms with Crippen LogP contribution in [-0.2, 0) is 0 Å². The van der Waals surface area contributed by atoms with Crippen molar-refractivity contribution in [2.24, 2.45) is 11.1 Å². The molecule has 0 radical (unpaired) electrons. The molecule has 0 unspecified atom stereocenters. The molecular formula is C9H15Cl2NS. The van der Waals surface area contributed by atoms with Crippen LogP contribution >= 0.6 is 35.3 Å². The van der Waals surface area contributed by atoms with Crippen LogP contribution in [0.2, 0.25) is 5.02 Å². The van der Waals surface area contributed by atoms with Gasteiger partial charge in [0.1, 0.15) is 0 Å². The van der Waals surface area contributed by atoms with E-state index in [1.54, 1.807) is 11.3 Å². The molecule has 0 aliphatic heterocycles. The summed E-state index contributed by atoms with van der Waals surface area (Å²) in [5.41, 5.74) is 6.12. The van der Waals surface area contributed by atoms with Gasteiger partial charge in [-0.3, -0.25) is 0 Å². The largest absolute Gasteiger partial charge is 0.323 e. The van der Waals surface area contributed by atoms with E-state index in [0.717, 1.165) is 9.90 Å². The van der Waals surface area contributed by atoms with Gasteiger partial charge in [0.25, 0.3) is 0 Å². The van der Waals surface area contributed by atoms with E-state index in [1.165, 1.54) is 0 Å². The molecule has 1 aromatic rings. The SMILES string of the molecule is CC(C)(C)[C@H](N)c1sccc1Cl.Cl. The second kappa shape index (κ2) is 4.65. The van der Waals surface area contributed by atoms with E-state index in [4.69, 9.17) is 17.3 Å². The summed E-state index contributed by atoms with van der Waals surface area (Å²) in [6, 6.07) is 1.93. The molecule has 1 rings (SSSR count). The fourth-order valence-corrected chi connectivity index (χ4v) is 2.34. The summed E-state index contributed by atoms with van der Waals surface area (Å²) < 4.78 is 0. The number of hydrogen-bond donors (Lipinski definition) is 1. The third-order valence-electron chi connectivity index (χ3n) is 1.86. The van der Waals surface area contributed by atoms with Gasteiger partial charge in [0, 0.05) is 10.9 Å². The Morgan fingerprint density at radius 1 is 1.46 bits per heavy atom. The molecule has 0 saturated heterocycles. The molecule has 0 amide bonds. The van der Waals surface area contributed by atoms with E-state index in [-0.39, 0.29) is 23.9 Å². The molecule has 1 atom stereocenters. The summed E-state index contributed by atoms with van der Waals surface area (Å²) in [4.78, 5) is 1.09.